The van der Waals surface area contributed by atoms with Gasteiger partial charge in [0.2, 0.25) is 0 Å². The summed E-state index contributed by atoms with van der Waals surface area (Å²) in [5, 5.41) is 18.9. The molecule has 4 rings (SSSR count). The monoisotopic (exact) mass is 381 g/mol. The summed E-state index contributed by atoms with van der Waals surface area (Å²) in [6.45, 7) is 0.480. The van der Waals surface area contributed by atoms with E-state index in [9.17, 15) is 10.0 Å². The average molecular weight is 381 g/mol. The van der Waals surface area contributed by atoms with Gasteiger partial charge >= 0.3 is 7.12 Å². The Bertz CT molecular complexity index is 1100. The molecule has 0 fully saturated rings. The first kappa shape index (κ1) is 18.9. The molecule has 0 amide bonds. The van der Waals surface area contributed by atoms with Crippen LogP contribution in [0.25, 0.3) is 22.5 Å². The molecule has 3 aromatic carbocycles. The van der Waals surface area contributed by atoms with Gasteiger partial charge in [-0.1, -0.05) is 72.8 Å². The number of rotatable bonds is 6. The molecule has 0 spiro atoms. The van der Waals surface area contributed by atoms with Crippen LogP contribution in [0.5, 0.6) is 5.75 Å². The van der Waals surface area contributed by atoms with Gasteiger partial charge in [-0.2, -0.15) is 0 Å². The zero-order valence-corrected chi connectivity index (χ0v) is 15.8. The SMILES string of the molecule is OB(O)c1cccc(-c2cccc(-c3ccccc3OCc3ccccc3)n2)c1. The minimum Gasteiger partial charge on any atom is -0.488 e. The van der Waals surface area contributed by atoms with Gasteiger partial charge in [0.1, 0.15) is 12.4 Å². The van der Waals surface area contributed by atoms with Crippen molar-refractivity contribution in [3.63, 3.8) is 0 Å². The maximum Gasteiger partial charge on any atom is 0.488 e. The lowest BCUT2D eigenvalue weighted by molar-refractivity contribution is 0.307. The van der Waals surface area contributed by atoms with E-state index in [0.717, 1.165) is 33.8 Å². The third-order valence-electron chi connectivity index (χ3n) is 4.63. The number of hydrogen-bond donors (Lipinski definition) is 2. The van der Waals surface area contributed by atoms with Gasteiger partial charge in [-0.25, -0.2) is 4.98 Å². The number of para-hydroxylation sites is 1. The first-order valence-corrected chi connectivity index (χ1v) is 9.40. The second-order valence-corrected chi connectivity index (χ2v) is 6.68. The van der Waals surface area contributed by atoms with Crippen LogP contribution in [0.15, 0.2) is 97.1 Å². The maximum atomic E-state index is 9.44. The number of aromatic nitrogens is 1. The molecule has 0 radical (unpaired) electrons. The number of benzene rings is 3. The summed E-state index contributed by atoms with van der Waals surface area (Å²) in [7, 11) is -1.51. The van der Waals surface area contributed by atoms with E-state index in [1.165, 1.54) is 0 Å². The zero-order valence-electron chi connectivity index (χ0n) is 15.8. The van der Waals surface area contributed by atoms with Crippen molar-refractivity contribution in [1.82, 2.24) is 4.98 Å². The molecule has 1 heterocycles. The standard InChI is InChI=1S/C24H20BNO3/c27-25(28)20-11-6-10-19(16-20)22-13-7-14-23(26-22)21-12-4-5-15-24(21)29-17-18-8-2-1-3-9-18/h1-16,27-28H,17H2. The van der Waals surface area contributed by atoms with Crippen LogP contribution in [0.2, 0.25) is 0 Å². The molecule has 4 nitrogen and oxygen atoms in total. The zero-order chi connectivity index (χ0) is 20.1. The molecule has 2 N–H and O–H groups in total. The first-order valence-electron chi connectivity index (χ1n) is 9.40. The van der Waals surface area contributed by atoms with Crippen molar-refractivity contribution in [3.05, 3.63) is 103 Å². The minimum absolute atomic E-state index is 0.432. The van der Waals surface area contributed by atoms with Crippen LogP contribution >= 0.6 is 0 Å². The Morgan fingerprint density at radius 2 is 1.45 bits per heavy atom. The minimum atomic E-state index is -1.51. The molecule has 0 bridgehead atoms. The van der Waals surface area contributed by atoms with Crippen LogP contribution in [-0.4, -0.2) is 22.2 Å². The van der Waals surface area contributed by atoms with E-state index < -0.39 is 7.12 Å². The van der Waals surface area contributed by atoms with Crippen LogP contribution < -0.4 is 10.2 Å². The summed E-state index contributed by atoms with van der Waals surface area (Å²) < 4.78 is 6.07. The Balaban J connectivity index is 1.64. The van der Waals surface area contributed by atoms with Gasteiger partial charge in [-0.05, 0) is 40.9 Å². The van der Waals surface area contributed by atoms with Crippen molar-refractivity contribution < 1.29 is 14.8 Å². The fourth-order valence-electron chi connectivity index (χ4n) is 3.14. The molecule has 0 aliphatic rings. The molecule has 142 valence electrons. The van der Waals surface area contributed by atoms with Crippen LogP contribution in [0, 0.1) is 0 Å². The topological polar surface area (TPSA) is 62.6 Å². The lowest BCUT2D eigenvalue weighted by Gasteiger charge is -2.12. The molecule has 0 aliphatic heterocycles. The van der Waals surface area contributed by atoms with Gasteiger partial charge in [0.25, 0.3) is 0 Å². The Hall–Kier alpha value is -3.41. The lowest BCUT2D eigenvalue weighted by Crippen LogP contribution is -2.29. The van der Waals surface area contributed by atoms with Crippen molar-refractivity contribution in [3.8, 4) is 28.3 Å². The van der Waals surface area contributed by atoms with Gasteiger partial charge in [-0.15, -0.1) is 0 Å². The molecule has 0 atom stereocenters. The maximum absolute atomic E-state index is 9.44. The highest BCUT2D eigenvalue weighted by Crippen LogP contribution is 2.30. The fourth-order valence-corrected chi connectivity index (χ4v) is 3.14. The van der Waals surface area contributed by atoms with E-state index in [4.69, 9.17) is 9.72 Å². The highest BCUT2D eigenvalue weighted by atomic mass is 16.5. The van der Waals surface area contributed by atoms with Crippen molar-refractivity contribution in [1.29, 1.82) is 0 Å². The molecule has 29 heavy (non-hydrogen) atoms. The van der Waals surface area contributed by atoms with E-state index in [2.05, 4.69) is 0 Å². The summed E-state index contributed by atoms with van der Waals surface area (Å²) in [6.07, 6.45) is 0. The van der Waals surface area contributed by atoms with Crippen molar-refractivity contribution in [2.45, 2.75) is 6.61 Å². The van der Waals surface area contributed by atoms with Crippen LogP contribution in [0.1, 0.15) is 5.56 Å². The molecule has 0 unspecified atom stereocenters. The van der Waals surface area contributed by atoms with Crippen LogP contribution in [0.4, 0.5) is 0 Å². The second kappa shape index (κ2) is 8.73. The van der Waals surface area contributed by atoms with Crippen molar-refractivity contribution >= 4 is 12.6 Å². The molecule has 4 aromatic rings. The van der Waals surface area contributed by atoms with Gasteiger partial charge < -0.3 is 14.8 Å². The largest absolute Gasteiger partial charge is 0.488 e. The Morgan fingerprint density at radius 1 is 0.724 bits per heavy atom. The molecule has 5 heteroatoms. The number of ether oxygens (including phenoxy) is 1. The summed E-state index contributed by atoms with van der Waals surface area (Å²) in [5.41, 5.74) is 4.80. The molecule has 0 aliphatic carbocycles. The third kappa shape index (κ3) is 4.54. The lowest BCUT2D eigenvalue weighted by atomic mass is 9.79. The summed E-state index contributed by atoms with van der Waals surface area (Å²) >= 11 is 0. The fraction of sp³-hybridized carbons (Fsp3) is 0.0417. The normalized spacial score (nSPS) is 10.6. The Morgan fingerprint density at radius 3 is 2.28 bits per heavy atom. The van der Waals surface area contributed by atoms with E-state index in [-0.39, 0.29) is 0 Å². The van der Waals surface area contributed by atoms with Crippen LogP contribution in [-0.2, 0) is 6.61 Å². The second-order valence-electron chi connectivity index (χ2n) is 6.68. The summed E-state index contributed by atoms with van der Waals surface area (Å²) in [4.78, 5) is 4.79. The quantitative estimate of drug-likeness (QED) is 0.501. The van der Waals surface area contributed by atoms with Crippen molar-refractivity contribution in [2.75, 3.05) is 0 Å². The summed E-state index contributed by atoms with van der Waals surface area (Å²) in [5.74, 6) is 0.764. The predicted octanol–water partition coefficient (Wildman–Crippen LogP) is 3.67. The van der Waals surface area contributed by atoms with Gasteiger partial charge in [0.05, 0.1) is 11.4 Å². The number of pyridine rings is 1. The predicted molar refractivity (Wildman–Crippen MR) is 116 cm³/mol. The molecule has 0 saturated carbocycles. The Labute approximate surface area is 170 Å². The molecular formula is C24H20BNO3. The highest BCUT2D eigenvalue weighted by molar-refractivity contribution is 6.58. The number of hydrogen-bond acceptors (Lipinski definition) is 4. The van der Waals surface area contributed by atoms with Gasteiger partial charge in [0.15, 0.2) is 0 Å². The first-order chi connectivity index (χ1) is 14.2. The third-order valence-corrected chi connectivity index (χ3v) is 4.63. The molecule has 1 aromatic heterocycles. The van der Waals surface area contributed by atoms with Gasteiger partial charge in [-0.3, -0.25) is 0 Å². The van der Waals surface area contributed by atoms with E-state index in [1.807, 2.05) is 78.9 Å². The van der Waals surface area contributed by atoms with E-state index in [0.29, 0.717) is 12.1 Å². The Kier molecular flexibility index (Phi) is 5.70. The highest BCUT2D eigenvalue weighted by Gasteiger charge is 2.13. The van der Waals surface area contributed by atoms with E-state index in [1.54, 1.807) is 18.2 Å². The average Bonchev–Trinajstić information content (AvgIpc) is 2.79. The molecular weight excluding hydrogens is 361 g/mol. The number of nitrogens with zero attached hydrogens (tertiary/aromatic N) is 1. The van der Waals surface area contributed by atoms with Crippen LogP contribution in [0.3, 0.4) is 0 Å². The van der Waals surface area contributed by atoms with E-state index >= 15 is 0 Å². The summed E-state index contributed by atoms with van der Waals surface area (Å²) in [6, 6.07) is 30.7. The van der Waals surface area contributed by atoms with Gasteiger partial charge in [0, 0.05) is 5.56 Å². The van der Waals surface area contributed by atoms with Crippen molar-refractivity contribution in [2.24, 2.45) is 0 Å². The smallest absolute Gasteiger partial charge is 0.488 e. The molecule has 0 saturated heterocycles.